The molecular formula is C25H29N7O2. The molecule has 1 aliphatic carbocycles. The Morgan fingerprint density at radius 3 is 2.76 bits per heavy atom. The number of aromatic nitrogens is 4. The lowest BCUT2D eigenvalue weighted by Crippen LogP contribution is -2.54. The summed E-state index contributed by atoms with van der Waals surface area (Å²) in [6.45, 7) is 5.45. The Bertz CT molecular complexity index is 1290. The van der Waals surface area contributed by atoms with Crippen LogP contribution in [0.3, 0.4) is 0 Å². The number of carbonyl (C=O) groups is 1. The Morgan fingerprint density at radius 1 is 1.24 bits per heavy atom. The van der Waals surface area contributed by atoms with Crippen LogP contribution in [-0.4, -0.2) is 75.4 Å². The number of nitrogen functional groups attached to an aromatic ring is 1. The number of nitrogens with two attached hydrogens (primary N) is 1. The molecule has 0 unspecified atom stereocenters. The van der Waals surface area contributed by atoms with E-state index in [4.69, 9.17) is 15.5 Å². The van der Waals surface area contributed by atoms with Crippen molar-refractivity contribution >= 4 is 11.7 Å². The van der Waals surface area contributed by atoms with Crippen molar-refractivity contribution in [2.45, 2.75) is 37.8 Å². The molecule has 9 nitrogen and oxygen atoms in total. The number of likely N-dealkylation sites (N-methyl/N-ethyl adjacent to an activating group) is 1. The highest BCUT2D eigenvalue weighted by Crippen LogP contribution is 2.53. The van der Waals surface area contributed by atoms with Gasteiger partial charge in [0, 0.05) is 50.5 Å². The number of hydrogen-bond acceptors (Lipinski definition) is 7. The lowest BCUT2D eigenvalue weighted by atomic mass is 9.82. The first-order valence-electron chi connectivity index (χ1n) is 11.7. The van der Waals surface area contributed by atoms with Gasteiger partial charge in [-0.25, -0.2) is 14.6 Å². The summed E-state index contributed by atoms with van der Waals surface area (Å²) in [4.78, 5) is 26.1. The van der Waals surface area contributed by atoms with Gasteiger partial charge in [-0.15, -0.1) is 0 Å². The van der Waals surface area contributed by atoms with Gasteiger partial charge in [0.2, 0.25) is 0 Å². The van der Waals surface area contributed by atoms with Gasteiger partial charge < -0.3 is 20.3 Å². The molecule has 1 spiro atoms. The Hall–Kier alpha value is -3.30. The first-order chi connectivity index (χ1) is 16.4. The standard InChI is InChI=1S/C25H29N7O2/c1-15-6-16(7-17-10-30(2)14-25(4-5-25)21(15)17)20-9-27-22(26)23(29-20)32-11-18(8-28-32)24(33)31-12-19(13-31)34-3/h6-9,11,19H,4-5,10,12-14H2,1-3H3,(H2,26,27). The van der Waals surface area contributed by atoms with Gasteiger partial charge in [-0.1, -0.05) is 0 Å². The van der Waals surface area contributed by atoms with Gasteiger partial charge in [0.25, 0.3) is 5.91 Å². The maximum atomic E-state index is 12.7. The number of hydrogen-bond donors (Lipinski definition) is 1. The second kappa shape index (κ2) is 7.61. The van der Waals surface area contributed by atoms with Crippen LogP contribution < -0.4 is 5.73 Å². The number of carbonyl (C=O) groups excluding carboxylic acids is 1. The van der Waals surface area contributed by atoms with Crippen LogP contribution in [0, 0.1) is 6.92 Å². The summed E-state index contributed by atoms with van der Waals surface area (Å²) < 4.78 is 6.79. The minimum Gasteiger partial charge on any atom is -0.381 e. The summed E-state index contributed by atoms with van der Waals surface area (Å²) in [5, 5.41) is 4.36. The van der Waals surface area contributed by atoms with Crippen LogP contribution >= 0.6 is 0 Å². The average molecular weight is 460 g/mol. The van der Waals surface area contributed by atoms with Crippen LogP contribution in [0.2, 0.25) is 0 Å². The number of anilines is 1. The fourth-order valence-electron chi connectivity index (χ4n) is 5.57. The molecule has 3 aromatic rings. The molecule has 4 heterocycles. The fraction of sp³-hybridized carbons (Fsp3) is 0.440. The molecule has 176 valence electrons. The van der Waals surface area contributed by atoms with Gasteiger partial charge in [-0.3, -0.25) is 4.79 Å². The van der Waals surface area contributed by atoms with Crippen LogP contribution in [0.25, 0.3) is 17.1 Å². The van der Waals surface area contributed by atoms with E-state index in [1.807, 2.05) is 0 Å². The maximum absolute atomic E-state index is 12.7. The number of ether oxygens (including phenoxy) is 1. The third kappa shape index (κ3) is 3.38. The van der Waals surface area contributed by atoms with Gasteiger partial charge in [0.15, 0.2) is 11.6 Å². The molecule has 34 heavy (non-hydrogen) atoms. The van der Waals surface area contributed by atoms with E-state index in [0.717, 1.165) is 24.3 Å². The first kappa shape index (κ1) is 21.2. The van der Waals surface area contributed by atoms with Gasteiger partial charge in [0.1, 0.15) is 0 Å². The second-order valence-electron chi connectivity index (χ2n) is 9.99. The zero-order chi connectivity index (χ0) is 23.6. The molecule has 9 heteroatoms. The van der Waals surface area contributed by atoms with Gasteiger partial charge in [0.05, 0.1) is 29.8 Å². The topological polar surface area (TPSA) is 102 Å². The van der Waals surface area contributed by atoms with E-state index in [2.05, 4.69) is 41.1 Å². The zero-order valence-corrected chi connectivity index (χ0v) is 19.8. The molecule has 3 aliphatic rings. The van der Waals surface area contributed by atoms with Crippen molar-refractivity contribution in [1.82, 2.24) is 29.5 Å². The summed E-state index contributed by atoms with van der Waals surface area (Å²) in [6.07, 6.45) is 7.55. The molecule has 2 N–H and O–H groups in total. The summed E-state index contributed by atoms with van der Waals surface area (Å²) in [5.74, 6) is 0.604. The lowest BCUT2D eigenvalue weighted by Gasteiger charge is -2.37. The summed E-state index contributed by atoms with van der Waals surface area (Å²) in [7, 11) is 3.85. The maximum Gasteiger partial charge on any atom is 0.257 e. The predicted octanol–water partition coefficient (Wildman–Crippen LogP) is 2.17. The molecule has 1 amide bonds. The Labute approximate surface area is 198 Å². The number of likely N-dealkylation sites (tertiary alicyclic amines) is 1. The minimum absolute atomic E-state index is 0.0781. The molecule has 1 saturated carbocycles. The van der Waals surface area contributed by atoms with E-state index in [1.54, 1.807) is 30.6 Å². The molecule has 2 aliphatic heterocycles. The van der Waals surface area contributed by atoms with Crippen molar-refractivity contribution in [3.05, 3.63) is 53.0 Å². The highest BCUT2D eigenvalue weighted by atomic mass is 16.5. The van der Waals surface area contributed by atoms with Crippen LogP contribution in [0.15, 0.2) is 30.7 Å². The van der Waals surface area contributed by atoms with E-state index < -0.39 is 0 Å². The van der Waals surface area contributed by atoms with Crippen molar-refractivity contribution in [2.75, 3.05) is 39.5 Å². The molecule has 2 fully saturated rings. The largest absolute Gasteiger partial charge is 0.381 e. The van der Waals surface area contributed by atoms with Crippen LogP contribution in [-0.2, 0) is 16.7 Å². The molecule has 1 saturated heterocycles. The van der Waals surface area contributed by atoms with Crippen molar-refractivity contribution < 1.29 is 9.53 Å². The number of benzene rings is 1. The average Bonchev–Trinajstić information content (AvgIpc) is 3.34. The van der Waals surface area contributed by atoms with Crippen LogP contribution in [0.4, 0.5) is 5.82 Å². The number of nitrogens with zero attached hydrogens (tertiary/aromatic N) is 6. The SMILES string of the molecule is COC1CN(C(=O)c2cnn(-c3nc(-c4cc(C)c5c(c4)CN(C)CC54CC4)cnc3N)c2)C1. The van der Waals surface area contributed by atoms with Gasteiger partial charge in [-0.05, 0) is 55.6 Å². The van der Waals surface area contributed by atoms with E-state index >= 15 is 0 Å². The normalized spacial score (nSPS) is 19.2. The van der Waals surface area contributed by atoms with Crippen molar-refractivity contribution in [3.63, 3.8) is 0 Å². The van der Waals surface area contributed by atoms with Crippen molar-refractivity contribution in [2.24, 2.45) is 0 Å². The molecule has 0 bridgehead atoms. The molecule has 6 rings (SSSR count). The molecule has 0 radical (unpaired) electrons. The van der Waals surface area contributed by atoms with Gasteiger partial charge in [-0.2, -0.15) is 5.10 Å². The summed E-state index contributed by atoms with van der Waals surface area (Å²) in [5.41, 5.74) is 13.0. The third-order valence-corrected chi connectivity index (χ3v) is 7.41. The molecular weight excluding hydrogens is 430 g/mol. The molecule has 0 atom stereocenters. The Balaban J connectivity index is 1.32. The van der Waals surface area contributed by atoms with Crippen molar-refractivity contribution in [1.29, 1.82) is 0 Å². The van der Waals surface area contributed by atoms with Crippen LogP contribution in [0.5, 0.6) is 0 Å². The number of amides is 1. The predicted molar refractivity (Wildman–Crippen MR) is 128 cm³/mol. The second-order valence-corrected chi connectivity index (χ2v) is 9.99. The first-order valence-corrected chi connectivity index (χ1v) is 11.7. The molecule has 1 aromatic carbocycles. The Morgan fingerprint density at radius 2 is 2.03 bits per heavy atom. The minimum atomic E-state index is -0.0781. The zero-order valence-electron chi connectivity index (χ0n) is 19.8. The van der Waals surface area contributed by atoms with E-state index in [1.165, 1.54) is 34.2 Å². The highest BCUT2D eigenvalue weighted by Gasteiger charge is 2.49. The van der Waals surface area contributed by atoms with Gasteiger partial charge >= 0.3 is 0 Å². The fourth-order valence-corrected chi connectivity index (χ4v) is 5.57. The quantitative estimate of drug-likeness (QED) is 0.638. The van der Waals surface area contributed by atoms with Crippen molar-refractivity contribution in [3.8, 4) is 17.1 Å². The third-order valence-electron chi connectivity index (χ3n) is 7.41. The summed E-state index contributed by atoms with van der Waals surface area (Å²) >= 11 is 0. The number of methoxy groups -OCH3 is 1. The summed E-state index contributed by atoms with van der Waals surface area (Å²) in [6, 6.07) is 4.46. The smallest absolute Gasteiger partial charge is 0.257 e. The van der Waals surface area contributed by atoms with E-state index in [-0.39, 0.29) is 17.8 Å². The number of rotatable bonds is 4. The number of fused-ring (bicyclic) bond motifs is 2. The van der Waals surface area contributed by atoms with Crippen LogP contribution in [0.1, 0.15) is 39.9 Å². The lowest BCUT2D eigenvalue weighted by molar-refractivity contribution is -0.0191. The Kier molecular flexibility index (Phi) is 4.76. The monoisotopic (exact) mass is 459 g/mol. The highest BCUT2D eigenvalue weighted by molar-refractivity contribution is 5.94. The van der Waals surface area contributed by atoms with E-state index in [0.29, 0.717) is 29.9 Å². The molecule has 2 aromatic heterocycles. The van der Waals surface area contributed by atoms with E-state index in [9.17, 15) is 4.79 Å². The number of aryl methyl sites for hydroxylation is 1.